The third-order valence-corrected chi connectivity index (χ3v) is 6.98. The number of benzene rings is 4. The zero-order valence-corrected chi connectivity index (χ0v) is 20.0. The summed E-state index contributed by atoms with van der Waals surface area (Å²) in [5.41, 5.74) is 5.13. The van der Waals surface area contributed by atoms with Crippen LogP contribution in [0.25, 0.3) is 0 Å². The van der Waals surface area contributed by atoms with Crippen LogP contribution in [0.3, 0.4) is 0 Å². The summed E-state index contributed by atoms with van der Waals surface area (Å²) in [5, 5.41) is 5.93. The van der Waals surface area contributed by atoms with Crippen molar-refractivity contribution in [1.29, 1.82) is 0 Å². The van der Waals surface area contributed by atoms with Crippen molar-refractivity contribution in [2.75, 3.05) is 12.4 Å². The lowest BCUT2D eigenvalue weighted by atomic mass is 10.0. The lowest BCUT2D eigenvalue weighted by Gasteiger charge is -2.11. The first-order chi connectivity index (χ1) is 17.1. The number of rotatable bonds is 6. The van der Waals surface area contributed by atoms with Gasteiger partial charge in [-0.15, -0.1) is 0 Å². The minimum Gasteiger partial charge on any atom is -0.497 e. The van der Waals surface area contributed by atoms with Gasteiger partial charge in [-0.25, -0.2) is 0 Å². The van der Waals surface area contributed by atoms with Crippen molar-refractivity contribution in [2.24, 2.45) is 0 Å². The molecule has 1 aliphatic heterocycles. The maximum absolute atomic E-state index is 12.9. The molecular formula is C29H24N2O3S. The first kappa shape index (κ1) is 22.7. The smallest absolute Gasteiger partial charge is 0.256 e. The summed E-state index contributed by atoms with van der Waals surface area (Å²) in [7, 11) is 1.66. The molecule has 0 saturated heterocycles. The highest BCUT2D eigenvalue weighted by Gasteiger charge is 2.20. The number of ether oxygens (including phenoxy) is 1. The maximum Gasteiger partial charge on any atom is 0.256 e. The number of amides is 2. The second kappa shape index (κ2) is 10.1. The normalized spacial score (nSPS) is 12.1. The van der Waals surface area contributed by atoms with Crippen molar-refractivity contribution in [3.8, 4) is 5.75 Å². The fourth-order valence-electron chi connectivity index (χ4n) is 4.06. The molecule has 2 N–H and O–H groups in total. The summed E-state index contributed by atoms with van der Waals surface area (Å²) < 4.78 is 5.32. The van der Waals surface area contributed by atoms with E-state index in [1.807, 2.05) is 54.6 Å². The van der Waals surface area contributed by atoms with Gasteiger partial charge in [-0.2, -0.15) is 0 Å². The molecule has 174 valence electrons. The molecule has 6 heteroatoms. The van der Waals surface area contributed by atoms with E-state index in [2.05, 4.69) is 28.8 Å². The van der Waals surface area contributed by atoms with Gasteiger partial charge < -0.3 is 15.4 Å². The summed E-state index contributed by atoms with van der Waals surface area (Å²) in [4.78, 5) is 27.3. The van der Waals surface area contributed by atoms with Gasteiger partial charge in [0.15, 0.2) is 0 Å². The number of carbonyl (C=O) groups is 2. The second-order valence-corrected chi connectivity index (χ2v) is 9.38. The van der Waals surface area contributed by atoms with E-state index in [-0.39, 0.29) is 11.8 Å². The topological polar surface area (TPSA) is 67.4 Å². The highest BCUT2D eigenvalue weighted by Crippen LogP contribution is 2.39. The van der Waals surface area contributed by atoms with Crippen LogP contribution in [-0.2, 0) is 13.0 Å². The van der Waals surface area contributed by atoms with Gasteiger partial charge >= 0.3 is 0 Å². The lowest BCUT2D eigenvalue weighted by Crippen LogP contribution is -2.23. The molecule has 5 nitrogen and oxygen atoms in total. The Balaban J connectivity index is 1.26. The second-order valence-electron chi connectivity index (χ2n) is 8.29. The molecule has 0 spiro atoms. The highest BCUT2D eigenvalue weighted by molar-refractivity contribution is 7.99. The molecule has 0 radical (unpaired) electrons. The van der Waals surface area contributed by atoms with Crippen LogP contribution in [0.5, 0.6) is 5.75 Å². The summed E-state index contributed by atoms with van der Waals surface area (Å²) in [6.45, 7) is 0.411. The third kappa shape index (κ3) is 5.23. The number of hydrogen-bond acceptors (Lipinski definition) is 4. The molecule has 0 bridgehead atoms. The van der Waals surface area contributed by atoms with E-state index in [1.54, 1.807) is 25.3 Å². The predicted molar refractivity (Wildman–Crippen MR) is 138 cm³/mol. The van der Waals surface area contributed by atoms with Crippen LogP contribution < -0.4 is 15.4 Å². The van der Waals surface area contributed by atoms with Crippen molar-refractivity contribution in [3.63, 3.8) is 0 Å². The Bertz CT molecular complexity index is 1420. The van der Waals surface area contributed by atoms with E-state index in [4.69, 9.17) is 4.74 Å². The molecule has 1 heterocycles. The van der Waals surface area contributed by atoms with E-state index in [1.165, 1.54) is 11.8 Å². The minimum absolute atomic E-state index is 0.169. The van der Waals surface area contributed by atoms with Crippen LogP contribution in [-0.4, -0.2) is 18.9 Å². The van der Waals surface area contributed by atoms with Gasteiger partial charge in [-0.3, -0.25) is 9.59 Å². The van der Waals surface area contributed by atoms with E-state index in [0.29, 0.717) is 23.4 Å². The number of methoxy groups -OCH3 is 1. The summed E-state index contributed by atoms with van der Waals surface area (Å²) >= 11 is 1.52. The van der Waals surface area contributed by atoms with Gasteiger partial charge in [0.25, 0.3) is 11.8 Å². The SMILES string of the molecule is COc1cccc(Cc2cccc(CNC(=O)c3ccc4c(c3)NC(=O)c3ccccc3S4)c2)c1. The minimum atomic E-state index is -0.188. The average molecular weight is 481 g/mol. The fourth-order valence-corrected chi connectivity index (χ4v) is 5.07. The van der Waals surface area contributed by atoms with E-state index in [0.717, 1.165) is 38.7 Å². The quantitative estimate of drug-likeness (QED) is 0.359. The Morgan fingerprint density at radius 1 is 0.857 bits per heavy atom. The van der Waals surface area contributed by atoms with E-state index >= 15 is 0 Å². The molecule has 0 atom stereocenters. The zero-order valence-electron chi connectivity index (χ0n) is 19.2. The van der Waals surface area contributed by atoms with E-state index < -0.39 is 0 Å². The number of fused-ring (bicyclic) bond motifs is 2. The van der Waals surface area contributed by atoms with Crippen molar-refractivity contribution >= 4 is 29.3 Å². The average Bonchev–Trinajstić information content (AvgIpc) is 3.03. The van der Waals surface area contributed by atoms with Crippen molar-refractivity contribution in [2.45, 2.75) is 22.8 Å². The Morgan fingerprint density at radius 3 is 2.49 bits per heavy atom. The molecule has 4 aromatic carbocycles. The summed E-state index contributed by atoms with van der Waals surface area (Å²) in [6, 6.07) is 29.1. The molecule has 5 rings (SSSR count). The summed E-state index contributed by atoms with van der Waals surface area (Å²) in [5.74, 6) is 0.481. The van der Waals surface area contributed by atoms with Gasteiger partial charge in [0.05, 0.1) is 18.4 Å². The fraction of sp³-hybridized carbons (Fsp3) is 0.103. The van der Waals surface area contributed by atoms with Crippen LogP contribution in [0.2, 0.25) is 0 Å². The highest BCUT2D eigenvalue weighted by atomic mass is 32.2. The van der Waals surface area contributed by atoms with Crippen molar-refractivity contribution < 1.29 is 14.3 Å². The Labute approximate surface area is 208 Å². The summed E-state index contributed by atoms with van der Waals surface area (Å²) in [6.07, 6.45) is 0.781. The first-order valence-corrected chi connectivity index (χ1v) is 12.1. The maximum atomic E-state index is 12.9. The monoisotopic (exact) mass is 480 g/mol. The van der Waals surface area contributed by atoms with Crippen LogP contribution in [0, 0.1) is 0 Å². The Hall–Kier alpha value is -4.03. The lowest BCUT2D eigenvalue weighted by molar-refractivity contribution is 0.0949. The Morgan fingerprint density at radius 2 is 1.63 bits per heavy atom. The van der Waals surface area contributed by atoms with Gasteiger partial charge in [-0.1, -0.05) is 60.3 Å². The molecule has 1 aliphatic rings. The largest absolute Gasteiger partial charge is 0.497 e. The van der Waals surface area contributed by atoms with Crippen molar-refractivity contribution in [1.82, 2.24) is 5.32 Å². The molecule has 0 fully saturated rings. The molecule has 0 aromatic heterocycles. The molecule has 0 unspecified atom stereocenters. The van der Waals surface area contributed by atoms with Crippen LogP contribution in [0.1, 0.15) is 37.4 Å². The molecule has 4 aromatic rings. The van der Waals surface area contributed by atoms with Gasteiger partial charge in [0, 0.05) is 21.9 Å². The Kier molecular flexibility index (Phi) is 6.55. The number of carbonyl (C=O) groups excluding carboxylic acids is 2. The third-order valence-electron chi connectivity index (χ3n) is 5.83. The van der Waals surface area contributed by atoms with Crippen LogP contribution in [0.15, 0.2) is 101 Å². The van der Waals surface area contributed by atoms with Crippen molar-refractivity contribution in [3.05, 3.63) is 119 Å². The molecule has 2 amide bonds. The standard InChI is InChI=1S/C29H24N2O3S/c1-34-23-9-5-7-20(16-23)14-19-6-4-8-21(15-19)18-30-28(32)22-12-13-27-25(17-22)31-29(33)24-10-2-3-11-26(24)35-27/h2-13,15-17H,14,18H2,1H3,(H,30,32)(H,31,33). The zero-order chi connectivity index (χ0) is 24.2. The molecule has 0 aliphatic carbocycles. The number of hydrogen-bond donors (Lipinski definition) is 2. The van der Waals surface area contributed by atoms with Crippen LogP contribution in [0.4, 0.5) is 5.69 Å². The molecule has 35 heavy (non-hydrogen) atoms. The van der Waals surface area contributed by atoms with Gasteiger partial charge in [-0.05, 0) is 65.6 Å². The molecule has 0 saturated carbocycles. The van der Waals surface area contributed by atoms with Gasteiger partial charge in [0.2, 0.25) is 0 Å². The first-order valence-electron chi connectivity index (χ1n) is 11.3. The van der Waals surface area contributed by atoms with E-state index in [9.17, 15) is 9.59 Å². The predicted octanol–water partition coefficient (Wildman–Crippen LogP) is 5.93. The van der Waals surface area contributed by atoms with Crippen LogP contribution >= 0.6 is 11.8 Å². The number of anilines is 1. The molecular weight excluding hydrogens is 456 g/mol. The number of nitrogens with one attached hydrogen (secondary N) is 2. The van der Waals surface area contributed by atoms with Gasteiger partial charge in [0.1, 0.15) is 5.75 Å².